The van der Waals surface area contributed by atoms with Crippen molar-refractivity contribution in [2.75, 3.05) is 49.6 Å². The topological polar surface area (TPSA) is 96.9 Å². The predicted octanol–water partition coefficient (Wildman–Crippen LogP) is 2.41. The SMILES string of the molecule is CCOC(=O)N1CCN(c2cnc(C(=O)Nc3ccc(OCC)cc3)cn2)CC1. The normalized spacial score (nSPS) is 13.7. The number of carbonyl (C=O) groups is 2. The Morgan fingerprint density at radius 2 is 1.72 bits per heavy atom. The highest BCUT2D eigenvalue weighted by atomic mass is 16.6. The van der Waals surface area contributed by atoms with Gasteiger partial charge in [-0.3, -0.25) is 4.79 Å². The molecule has 0 radical (unpaired) electrons. The number of anilines is 2. The zero-order valence-corrected chi connectivity index (χ0v) is 16.6. The zero-order chi connectivity index (χ0) is 20.6. The van der Waals surface area contributed by atoms with E-state index in [-0.39, 0.29) is 17.7 Å². The summed E-state index contributed by atoms with van der Waals surface area (Å²) in [5.41, 5.74) is 0.882. The number of rotatable bonds is 6. The summed E-state index contributed by atoms with van der Waals surface area (Å²) in [4.78, 5) is 36.4. The standard InChI is InChI=1S/C20H25N5O4/c1-3-28-16-7-5-15(6-8-16)23-19(26)17-13-22-18(14-21-17)24-9-11-25(12-10-24)20(27)29-4-2/h5-8,13-14H,3-4,9-12H2,1-2H3,(H,23,26). The molecular formula is C20H25N5O4. The summed E-state index contributed by atoms with van der Waals surface area (Å²) in [6.45, 7) is 7.03. The van der Waals surface area contributed by atoms with Crippen LogP contribution in [0.15, 0.2) is 36.7 Å². The van der Waals surface area contributed by atoms with Crippen LogP contribution in [0.3, 0.4) is 0 Å². The van der Waals surface area contributed by atoms with Crippen LogP contribution >= 0.6 is 0 Å². The Morgan fingerprint density at radius 3 is 2.31 bits per heavy atom. The number of hydrogen-bond donors (Lipinski definition) is 1. The van der Waals surface area contributed by atoms with Crippen LogP contribution in [0, 0.1) is 0 Å². The van der Waals surface area contributed by atoms with Crippen LogP contribution in [0.1, 0.15) is 24.3 Å². The summed E-state index contributed by atoms with van der Waals surface area (Å²) in [5.74, 6) is 1.09. The lowest BCUT2D eigenvalue weighted by atomic mass is 10.3. The van der Waals surface area contributed by atoms with Gasteiger partial charge in [-0.25, -0.2) is 14.8 Å². The Morgan fingerprint density at radius 1 is 1.00 bits per heavy atom. The molecule has 9 nitrogen and oxygen atoms in total. The molecule has 2 amide bonds. The maximum Gasteiger partial charge on any atom is 0.409 e. The minimum Gasteiger partial charge on any atom is -0.494 e. The molecule has 0 saturated carbocycles. The largest absolute Gasteiger partial charge is 0.494 e. The van der Waals surface area contributed by atoms with Gasteiger partial charge in [0.25, 0.3) is 5.91 Å². The van der Waals surface area contributed by atoms with Crippen molar-refractivity contribution in [1.82, 2.24) is 14.9 Å². The highest BCUT2D eigenvalue weighted by Gasteiger charge is 2.23. The van der Waals surface area contributed by atoms with E-state index >= 15 is 0 Å². The van der Waals surface area contributed by atoms with Crippen molar-refractivity contribution >= 4 is 23.5 Å². The third-order valence-corrected chi connectivity index (χ3v) is 4.42. The Kier molecular flexibility index (Phi) is 6.83. The number of ether oxygens (including phenoxy) is 2. The summed E-state index contributed by atoms with van der Waals surface area (Å²) in [6, 6.07) is 7.13. The molecule has 1 aromatic carbocycles. The first-order valence-corrected chi connectivity index (χ1v) is 9.63. The molecule has 1 aliphatic heterocycles. The smallest absolute Gasteiger partial charge is 0.409 e. The number of benzene rings is 1. The minimum atomic E-state index is -0.333. The lowest BCUT2D eigenvalue weighted by molar-refractivity contribution is 0.101. The van der Waals surface area contributed by atoms with Crippen molar-refractivity contribution in [3.8, 4) is 5.75 Å². The number of nitrogens with one attached hydrogen (secondary N) is 1. The second-order valence-corrected chi connectivity index (χ2v) is 6.34. The maximum absolute atomic E-state index is 12.4. The Bertz CT molecular complexity index is 818. The van der Waals surface area contributed by atoms with E-state index in [1.54, 1.807) is 42.3 Å². The molecular weight excluding hydrogens is 374 g/mol. The van der Waals surface area contributed by atoms with Gasteiger partial charge in [0, 0.05) is 31.9 Å². The van der Waals surface area contributed by atoms with Crippen LogP contribution in [0.25, 0.3) is 0 Å². The molecule has 1 aromatic heterocycles. The molecule has 2 aromatic rings. The molecule has 3 rings (SSSR count). The Labute approximate surface area is 169 Å². The van der Waals surface area contributed by atoms with Gasteiger partial charge < -0.3 is 24.6 Å². The first-order valence-electron chi connectivity index (χ1n) is 9.63. The van der Waals surface area contributed by atoms with E-state index in [1.165, 1.54) is 6.20 Å². The van der Waals surface area contributed by atoms with Gasteiger partial charge in [-0.15, -0.1) is 0 Å². The van der Waals surface area contributed by atoms with Crippen molar-refractivity contribution < 1.29 is 19.1 Å². The van der Waals surface area contributed by atoms with Gasteiger partial charge in [-0.1, -0.05) is 0 Å². The van der Waals surface area contributed by atoms with Gasteiger partial charge in [0.1, 0.15) is 17.3 Å². The number of amides is 2. The highest BCUT2D eigenvalue weighted by Crippen LogP contribution is 2.17. The van der Waals surface area contributed by atoms with Crippen molar-refractivity contribution in [2.24, 2.45) is 0 Å². The lowest BCUT2D eigenvalue weighted by Gasteiger charge is -2.34. The Hall–Kier alpha value is -3.36. The molecule has 154 valence electrons. The third kappa shape index (κ3) is 5.34. The average molecular weight is 399 g/mol. The number of carbonyl (C=O) groups excluding carboxylic acids is 2. The van der Waals surface area contributed by atoms with Gasteiger partial charge >= 0.3 is 6.09 Å². The van der Waals surface area contributed by atoms with Crippen LogP contribution in [0.5, 0.6) is 5.75 Å². The van der Waals surface area contributed by atoms with E-state index in [1.807, 2.05) is 11.8 Å². The molecule has 0 atom stereocenters. The van der Waals surface area contributed by atoms with Crippen molar-refractivity contribution in [3.63, 3.8) is 0 Å². The number of aromatic nitrogens is 2. The molecule has 1 aliphatic rings. The van der Waals surface area contributed by atoms with Crippen LogP contribution < -0.4 is 15.0 Å². The fraction of sp³-hybridized carbons (Fsp3) is 0.400. The summed E-state index contributed by atoms with van der Waals surface area (Å²) < 4.78 is 10.4. The van der Waals surface area contributed by atoms with E-state index in [2.05, 4.69) is 15.3 Å². The lowest BCUT2D eigenvalue weighted by Crippen LogP contribution is -2.49. The molecule has 29 heavy (non-hydrogen) atoms. The van der Waals surface area contributed by atoms with Crippen LogP contribution in [-0.4, -0.2) is 66.3 Å². The molecule has 1 fully saturated rings. The fourth-order valence-electron chi connectivity index (χ4n) is 2.93. The van der Waals surface area contributed by atoms with Crippen LogP contribution in [-0.2, 0) is 4.74 Å². The average Bonchev–Trinajstić information content (AvgIpc) is 2.76. The molecule has 0 aliphatic carbocycles. The number of nitrogens with zero attached hydrogens (tertiary/aromatic N) is 4. The zero-order valence-electron chi connectivity index (χ0n) is 16.6. The predicted molar refractivity (Wildman–Crippen MR) is 108 cm³/mol. The van der Waals surface area contributed by atoms with Crippen molar-refractivity contribution in [1.29, 1.82) is 0 Å². The first-order chi connectivity index (χ1) is 14.1. The summed E-state index contributed by atoms with van der Waals surface area (Å²) >= 11 is 0. The molecule has 1 N–H and O–H groups in total. The van der Waals surface area contributed by atoms with Gasteiger partial charge in [0.15, 0.2) is 0 Å². The molecule has 2 heterocycles. The maximum atomic E-state index is 12.4. The summed E-state index contributed by atoms with van der Waals surface area (Å²) in [7, 11) is 0. The molecule has 0 unspecified atom stereocenters. The summed E-state index contributed by atoms with van der Waals surface area (Å²) in [5, 5.41) is 2.79. The Balaban J connectivity index is 1.54. The van der Waals surface area contributed by atoms with Gasteiger partial charge in [0.05, 0.1) is 25.6 Å². The van der Waals surface area contributed by atoms with Crippen LogP contribution in [0.4, 0.5) is 16.3 Å². The second-order valence-electron chi connectivity index (χ2n) is 6.34. The monoisotopic (exact) mass is 399 g/mol. The van der Waals surface area contributed by atoms with E-state index in [0.29, 0.717) is 50.9 Å². The molecule has 0 bridgehead atoms. The van der Waals surface area contributed by atoms with Crippen molar-refractivity contribution in [3.05, 3.63) is 42.4 Å². The fourth-order valence-corrected chi connectivity index (χ4v) is 2.93. The van der Waals surface area contributed by atoms with E-state index < -0.39 is 0 Å². The van der Waals surface area contributed by atoms with Gasteiger partial charge in [-0.05, 0) is 38.1 Å². The number of piperazine rings is 1. The van der Waals surface area contributed by atoms with Gasteiger partial charge in [-0.2, -0.15) is 0 Å². The van der Waals surface area contributed by atoms with Crippen molar-refractivity contribution in [2.45, 2.75) is 13.8 Å². The number of hydrogen-bond acceptors (Lipinski definition) is 7. The molecule has 0 spiro atoms. The van der Waals surface area contributed by atoms with Crippen LogP contribution in [0.2, 0.25) is 0 Å². The van der Waals surface area contributed by atoms with Gasteiger partial charge in [0.2, 0.25) is 0 Å². The van der Waals surface area contributed by atoms with E-state index in [0.717, 1.165) is 5.75 Å². The van der Waals surface area contributed by atoms with E-state index in [4.69, 9.17) is 9.47 Å². The highest BCUT2D eigenvalue weighted by molar-refractivity contribution is 6.02. The first kappa shape index (κ1) is 20.4. The molecule has 1 saturated heterocycles. The van der Waals surface area contributed by atoms with E-state index in [9.17, 15) is 9.59 Å². The molecule has 9 heteroatoms. The minimum absolute atomic E-state index is 0.229. The summed E-state index contributed by atoms with van der Waals surface area (Å²) in [6.07, 6.45) is 2.74. The second kappa shape index (κ2) is 9.72. The third-order valence-electron chi connectivity index (χ3n) is 4.42. The quantitative estimate of drug-likeness (QED) is 0.797.